The fraction of sp³-hybridized carbons (Fsp3) is 0.500. The average molecular weight is 480 g/mol. The number of aromatic nitrogens is 1. The maximum atomic E-state index is 15.2. The van der Waals surface area contributed by atoms with Crippen molar-refractivity contribution in [3.05, 3.63) is 36.1 Å². The molecule has 1 aromatic rings. The van der Waals surface area contributed by atoms with E-state index in [-0.39, 0.29) is 43.0 Å². The maximum Gasteiger partial charge on any atom is 0.410 e. The molecule has 1 saturated heterocycles. The number of hydrogen-bond acceptors (Lipinski definition) is 8. The summed E-state index contributed by atoms with van der Waals surface area (Å²) in [5, 5.41) is 12.0. The predicted octanol–water partition coefficient (Wildman–Crippen LogP) is 2.09. The SMILES string of the molecule is CC(C)(C)OC(=O)N1CCC(CC#N)(N/C=C(/C=O)C(N)=Nc2ccnc(F)c2)C(F)C1.CN. The number of nitrogens with one attached hydrogen (secondary N) is 1. The van der Waals surface area contributed by atoms with Crippen LogP contribution in [0.25, 0.3) is 0 Å². The molecule has 0 aromatic carbocycles. The molecule has 2 atom stereocenters. The summed E-state index contributed by atoms with van der Waals surface area (Å²) in [6, 6.07) is 4.37. The first-order valence-electron chi connectivity index (χ1n) is 10.5. The number of carbonyl (C=O) groups is 2. The van der Waals surface area contributed by atoms with E-state index in [2.05, 4.69) is 21.0 Å². The molecule has 0 bridgehead atoms. The number of carbonyl (C=O) groups excluding carboxylic acids is 2. The van der Waals surface area contributed by atoms with Gasteiger partial charge in [0.2, 0.25) is 5.95 Å². The summed E-state index contributed by atoms with van der Waals surface area (Å²) in [5.41, 5.74) is 8.30. The third-order valence-corrected chi connectivity index (χ3v) is 4.75. The van der Waals surface area contributed by atoms with Crippen LogP contribution in [0.4, 0.5) is 19.3 Å². The average Bonchev–Trinajstić information content (AvgIpc) is 2.76. The Kier molecular flexibility index (Phi) is 10.5. The van der Waals surface area contributed by atoms with Gasteiger partial charge in [-0.2, -0.15) is 9.65 Å². The zero-order valence-corrected chi connectivity index (χ0v) is 19.7. The standard InChI is InChI=1S/C21H26F2N6O3.CH5N/c1-20(2,3)32-19(31)29-9-6-21(5-7-24,16(22)12-29)27-11-14(13-30)18(25)28-15-4-8-26-17(23)10-15;1-2/h4,8,10-11,13,16,27H,5-6,9,12H2,1-3H3,(H2,25,26,28);2H2,1H3/b14-11-;. The molecule has 12 heteroatoms. The number of ether oxygens (including phenoxy) is 1. The minimum absolute atomic E-state index is 0.0935. The van der Waals surface area contributed by atoms with Crippen molar-refractivity contribution in [2.45, 2.75) is 50.9 Å². The van der Waals surface area contributed by atoms with Gasteiger partial charge in [-0.3, -0.25) is 4.79 Å². The summed E-state index contributed by atoms with van der Waals surface area (Å²) in [7, 11) is 1.50. The fourth-order valence-corrected chi connectivity index (χ4v) is 3.05. The van der Waals surface area contributed by atoms with Crippen LogP contribution in [0.3, 0.4) is 0 Å². The second kappa shape index (κ2) is 12.6. The molecular formula is C22H31F2N7O3. The van der Waals surface area contributed by atoms with Crippen molar-refractivity contribution in [2.24, 2.45) is 16.5 Å². The Hall–Kier alpha value is -3.59. The van der Waals surface area contributed by atoms with Gasteiger partial charge in [0.05, 0.1) is 35.8 Å². The molecule has 1 fully saturated rings. The normalized spacial score (nSPS) is 21.0. The van der Waals surface area contributed by atoms with Gasteiger partial charge >= 0.3 is 6.09 Å². The van der Waals surface area contributed by atoms with Crippen LogP contribution >= 0.6 is 0 Å². The summed E-state index contributed by atoms with van der Waals surface area (Å²) in [5.74, 6) is -0.995. The van der Waals surface area contributed by atoms with Crippen molar-refractivity contribution in [1.29, 1.82) is 5.26 Å². The Balaban J connectivity index is 0.00000281. The molecule has 2 heterocycles. The number of piperidine rings is 1. The van der Waals surface area contributed by atoms with E-state index in [0.717, 1.165) is 6.07 Å². The second-order valence-electron chi connectivity index (χ2n) is 8.33. The lowest BCUT2D eigenvalue weighted by Gasteiger charge is -2.43. The van der Waals surface area contributed by atoms with E-state index in [1.165, 1.54) is 30.4 Å². The topological polar surface area (TPSA) is 160 Å². The van der Waals surface area contributed by atoms with Crippen LogP contribution in [-0.4, -0.2) is 65.5 Å². The highest BCUT2D eigenvalue weighted by Crippen LogP contribution is 2.29. The number of amidine groups is 1. The lowest BCUT2D eigenvalue weighted by atomic mass is 9.83. The number of rotatable bonds is 6. The lowest BCUT2D eigenvalue weighted by molar-refractivity contribution is -0.104. The van der Waals surface area contributed by atoms with Crippen LogP contribution in [-0.2, 0) is 9.53 Å². The van der Waals surface area contributed by atoms with Crippen LogP contribution < -0.4 is 16.8 Å². The molecule has 34 heavy (non-hydrogen) atoms. The first kappa shape index (κ1) is 28.4. The minimum Gasteiger partial charge on any atom is -0.444 e. The lowest BCUT2D eigenvalue weighted by Crippen LogP contribution is -2.61. The number of aliphatic imine (C=N–C) groups is 1. The number of hydrogen-bond donors (Lipinski definition) is 3. The summed E-state index contributed by atoms with van der Waals surface area (Å²) in [4.78, 5) is 32.4. The molecule has 0 aliphatic carbocycles. The predicted molar refractivity (Wildman–Crippen MR) is 123 cm³/mol. The third kappa shape index (κ3) is 8.08. The van der Waals surface area contributed by atoms with Gasteiger partial charge in [-0.1, -0.05) is 0 Å². The van der Waals surface area contributed by atoms with Gasteiger partial charge in [-0.05, 0) is 40.3 Å². The second-order valence-corrected chi connectivity index (χ2v) is 8.33. The van der Waals surface area contributed by atoms with Crippen molar-refractivity contribution >= 4 is 23.9 Å². The number of likely N-dealkylation sites (tertiary alicyclic amines) is 1. The van der Waals surface area contributed by atoms with E-state index >= 15 is 4.39 Å². The van der Waals surface area contributed by atoms with Gasteiger partial charge in [0.15, 0.2) is 6.29 Å². The number of aldehydes is 1. The Labute approximate surface area is 197 Å². The zero-order chi connectivity index (χ0) is 25.9. The summed E-state index contributed by atoms with van der Waals surface area (Å²) >= 11 is 0. The molecule has 1 aromatic heterocycles. The van der Waals surface area contributed by atoms with Crippen LogP contribution in [0.5, 0.6) is 0 Å². The number of nitrogens with two attached hydrogens (primary N) is 2. The van der Waals surface area contributed by atoms with Gasteiger partial charge in [-0.15, -0.1) is 0 Å². The van der Waals surface area contributed by atoms with Crippen molar-refractivity contribution in [3.8, 4) is 6.07 Å². The van der Waals surface area contributed by atoms with Crippen LogP contribution in [0, 0.1) is 17.3 Å². The summed E-state index contributed by atoms with van der Waals surface area (Å²) < 4.78 is 33.7. The molecular weight excluding hydrogens is 448 g/mol. The van der Waals surface area contributed by atoms with Crippen molar-refractivity contribution in [3.63, 3.8) is 0 Å². The van der Waals surface area contributed by atoms with E-state index < -0.39 is 29.4 Å². The number of halogens is 2. The highest BCUT2D eigenvalue weighted by atomic mass is 19.1. The van der Waals surface area contributed by atoms with Crippen molar-refractivity contribution < 1.29 is 23.1 Å². The van der Waals surface area contributed by atoms with Crippen LogP contribution in [0.2, 0.25) is 0 Å². The van der Waals surface area contributed by atoms with Gasteiger partial charge in [0.25, 0.3) is 0 Å². The number of nitriles is 1. The zero-order valence-electron chi connectivity index (χ0n) is 19.7. The highest BCUT2D eigenvalue weighted by molar-refractivity contribution is 6.13. The van der Waals surface area contributed by atoms with Gasteiger partial charge < -0.3 is 26.4 Å². The first-order valence-corrected chi connectivity index (χ1v) is 10.5. The molecule has 2 rings (SSSR count). The van der Waals surface area contributed by atoms with E-state index in [9.17, 15) is 19.2 Å². The first-order chi connectivity index (χ1) is 16.0. The molecule has 10 nitrogen and oxygen atoms in total. The molecule has 1 aliphatic rings. The molecule has 5 N–H and O–H groups in total. The molecule has 0 spiro atoms. The molecule has 0 radical (unpaired) electrons. The monoisotopic (exact) mass is 479 g/mol. The number of amides is 1. The van der Waals surface area contributed by atoms with E-state index in [4.69, 9.17) is 10.5 Å². The number of nitrogens with zero attached hydrogens (tertiary/aromatic N) is 4. The minimum atomic E-state index is -1.62. The maximum absolute atomic E-state index is 15.2. The van der Waals surface area contributed by atoms with Gasteiger partial charge in [0, 0.05) is 25.0 Å². The Morgan fingerprint density at radius 1 is 1.50 bits per heavy atom. The smallest absolute Gasteiger partial charge is 0.410 e. The van der Waals surface area contributed by atoms with Crippen LogP contribution in [0.1, 0.15) is 33.6 Å². The number of pyridine rings is 1. The largest absolute Gasteiger partial charge is 0.444 e. The summed E-state index contributed by atoms with van der Waals surface area (Å²) in [6.07, 6.45) is 0.388. The fourth-order valence-electron chi connectivity index (χ4n) is 3.05. The summed E-state index contributed by atoms with van der Waals surface area (Å²) in [6.45, 7) is 4.99. The molecule has 1 amide bonds. The van der Waals surface area contributed by atoms with Gasteiger partial charge in [0.1, 0.15) is 17.6 Å². The third-order valence-electron chi connectivity index (χ3n) is 4.75. The molecule has 2 unspecified atom stereocenters. The van der Waals surface area contributed by atoms with E-state index in [1.807, 2.05) is 6.07 Å². The molecule has 1 aliphatic heterocycles. The van der Waals surface area contributed by atoms with E-state index in [1.54, 1.807) is 20.8 Å². The highest BCUT2D eigenvalue weighted by Gasteiger charge is 2.45. The molecule has 186 valence electrons. The van der Waals surface area contributed by atoms with Gasteiger partial charge in [-0.25, -0.2) is 19.2 Å². The Morgan fingerprint density at radius 3 is 2.71 bits per heavy atom. The Bertz CT molecular complexity index is 957. The van der Waals surface area contributed by atoms with Crippen molar-refractivity contribution in [2.75, 3.05) is 20.1 Å². The number of alkyl halides is 1. The van der Waals surface area contributed by atoms with Crippen molar-refractivity contribution in [1.82, 2.24) is 15.2 Å². The Morgan fingerprint density at radius 2 is 2.18 bits per heavy atom. The quantitative estimate of drug-likeness (QED) is 0.184. The van der Waals surface area contributed by atoms with Crippen LogP contribution in [0.15, 0.2) is 35.1 Å². The van der Waals surface area contributed by atoms with E-state index in [0.29, 0.717) is 6.29 Å². The molecule has 0 saturated carbocycles.